The zero-order valence-corrected chi connectivity index (χ0v) is 14.3. The monoisotopic (exact) mass is 287 g/mol. The molecule has 0 bridgehead atoms. The molecule has 0 heterocycles. The lowest BCUT2D eigenvalue weighted by atomic mass is 9.95. The molecule has 0 aliphatic carbocycles. The number of rotatable bonds is 10. The maximum absolute atomic E-state index is 11.9. The predicted molar refractivity (Wildman–Crippen MR) is 82.8 cm³/mol. The van der Waals surface area contributed by atoms with Gasteiger partial charge in [0, 0.05) is 12.6 Å². The van der Waals surface area contributed by atoms with Crippen LogP contribution in [0.4, 0.5) is 0 Å². The smallest absolute Gasteiger partial charge is 0.325 e. The molecule has 0 saturated carbocycles. The molecule has 0 rings (SSSR count). The Morgan fingerprint density at radius 3 is 2.25 bits per heavy atom. The van der Waals surface area contributed by atoms with Gasteiger partial charge >= 0.3 is 5.97 Å². The number of methoxy groups -OCH3 is 1. The van der Waals surface area contributed by atoms with Crippen LogP contribution in [-0.2, 0) is 14.3 Å². The fourth-order valence-corrected chi connectivity index (χ4v) is 2.54. The van der Waals surface area contributed by atoms with Crippen molar-refractivity contribution in [2.24, 2.45) is 5.92 Å². The second kappa shape index (κ2) is 9.35. The second-order valence-corrected chi connectivity index (χ2v) is 6.54. The van der Waals surface area contributed by atoms with Gasteiger partial charge < -0.3 is 9.47 Å². The highest BCUT2D eigenvalue weighted by Crippen LogP contribution is 2.16. The second-order valence-electron chi connectivity index (χ2n) is 6.54. The number of hydrogen-bond acceptors (Lipinski definition) is 4. The van der Waals surface area contributed by atoms with Crippen LogP contribution in [-0.4, -0.2) is 37.4 Å². The highest BCUT2D eigenvalue weighted by atomic mass is 16.5. The van der Waals surface area contributed by atoms with E-state index >= 15 is 0 Å². The third kappa shape index (κ3) is 7.85. The van der Waals surface area contributed by atoms with Crippen LogP contribution in [0, 0.1) is 5.92 Å². The van der Waals surface area contributed by atoms with Gasteiger partial charge in [-0.2, -0.15) is 0 Å². The van der Waals surface area contributed by atoms with E-state index in [-0.39, 0.29) is 18.1 Å². The molecule has 2 unspecified atom stereocenters. The van der Waals surface area contributed by atoms with Crippen molar-refractivity contribution in [1.29, 1.82) is 0 Å². The van der Waals surface area contributed by atoms with E-state index in [0.29, 0.717) is 18.9 Å². The van der Waals surface area contributed by atoms with Gasteiger partial charge in [0.05, 0.1) is 13.2 Å². The van der Waals surface area contributed by atoms with Gasteiger partial charge in [0.1, 0.15) is 5.54 Å². The number of ether oxygens (including phenoxy) is 2. The van der Waals surface area contributed by atoms with Crippen molar-refractivity contribution < 1.29 is 14.3 Å². The summed E-state index contributed by atoms with van der Waals surface area (Å²) in [6.07, 6.45) is 2.90. The van der Waals surface area contributed by atoms with Gasteiger partial charge in [-0.3, -0.25) is 10.1 Å². The van der Waals surface area contributed by atoms with E-state index in [1.165, 1.54) is 7.11 Å². The van der Waals surface area contributed by atoms with Crippen LogP contribution in [0.15, 0.2) is 0 Å². The van der Waals surface area contributed by atoms with Gasteiger partial charge in [-0.25, -0.2) is 0 Å². The van der Waals surface area contributed by atoms with Crippen LogP contribution in [0.25, 0.3) is 0 Å². The Kier molecular flexibility index (Phi) is 9.06. The lowest BCUT2D eigenvalue weighted by Crippen LogP contribution is -2.53. The molecule has 0 fully saturated rings. The van der Waals surface area contributed by atoms with E-state index in [1.54, 1.807) is 0 Å². The van der Waals surface area contributed by atoms with Crippen molar-refractivity contribution in [2.45, 2.75) is 78.5 Å². The molecule has 0 radical (unpaired) electrons. The zero-order chi connectivity index (χ0) is 15.8. The van der Waals surface area contributed by atoms with Crippen molar-refractivity contribution in [3.05, 3.63) is 0 Å². The molecule has 0 aliphatic heterocycles. The Morgan fingerprint density at radius 1 is 1.20 bits per heavy atom. The average molecular weight is 287 g/mol. The molecule has 0 aliphatic rings. The van der Waals surface area contributed by atoms with Crippen LogP contribution in [0.5, 0.6) is 0 Å². The standard InChI is InChI=1S/C16H33NO3/c1-12(2)11-14(5)20-10-8-9-16(6,15(18)19-7)17-13(3)4/h12-14,17H,8-11H2,1-7H3. The topological polar surface area (TPSA) is 47.6 Å². The van der Waals surface area contributed by atoms with Crippen LogP contribution in [0.1, 0.15) is 60.8 Å². The SMILES string of the molecule is COC(=O)C(C)(CCCOC(C)CC(C)C)NC(C)C. The molecule has 4 nitrogen and oxygen atoms in total. The van der Waals surface area contributed by atoms with Crippen molar-refractivity contribution >= 4 is 5.97 Å². The lowest BCUT2D eigenvalue weighted by molar-refractivity contribution is -0.148. The fraction of sp³-hybridized carbons (Fsp3) is 0.938. The van der Waals surface area contributed by atoms with E-state index in [0.717, 1.165) is 12.8 Å². The maximum Gasteiger partial charge on any atom is 0.325 e. The summed E-state index contributed by atoms with van der Waals surface area (Å²) in [5, 5.41) is 3.30. The summed E-state index contributed by atoms with van der Waals surface area (Å²) < 4.78 is 10.7. The average Bonchev–Trinajstić information content (AvgIpc) is 2.31. The van der Waals surface area contributed by atoms with Crippen molar-refractivity contribution in [2.75, 3.05) is 13.7 Å². The van der Waals surface area contributed by atoms with E-state index in [4.69, 9.17) is 9.47 Å². The molecule has 0 aromatic rings. The predicted octanol–water partition coefficient (Wildman–Crippen LogP) is 3.15. The molecular weight excluding hydrogens is 254 g/mol. The minimum absolute atomic E-state index is 0.207. The third-order valence-electron chi connectivity index (χ3n) is 3.27. The van der Waals surface area contributed by atoms with Crippen LogP contribution >= 0.6 is 0 Å². The molecule has 0 amide bonds. The van der Waals surface area contributed by atoms with E-state index in [2.05, 4.69) is 26.1 Å². The molecule has 120 valence electrons. The normalized spacial score (nSPS) is 16.2. The van der Waals surface area contributed by atoms with Gasteiger partial charge in [-0.1, -0.05) is 13.8 Å². The zero-order valence-electron chi connectivity index (χ0n) is 14.3. The summed E-state index contributed by atoms with van der Waals surface area (Å²) >= 11 is 0. The summed E-state index contributed by atoms with van der Waals surface area (Å²) in [5.74, 6) is 0.439. The number of carbonyl (C=O) groups is 1. The van der Waals surface area contributed by atoms with Crippen LogP contribution < -0.4 is 5.32 Å². The van der Waals surface area contributed by atoms with Gasteiger partial charge in [-0.15, -0.1) is 0 Å². The van der Waals surface area contributed by atoms with Gasteiger partial charge in [0.2, 0.25) is 0 Å². The number of nitrogens with one attached hydrogen (secondary N) is 1. The first-order valence-corrected chi connectivity index (χ1v) is 7.69. The van der Waals surface area contributed by atoms with Gasteiger partial charge in [0.25, 0.3) is 0 Å². The Bertz CT molecular complexity index is 279. The molecule has 2 atom stereocenters. The Labute approximate surface area is 124 Å². The highest BCUT2D eigenvalue weighted by molar-refractivity contribution is 5.80. The van der Waals surface area contributed by atoms with E-state index in [9.17, 15) is 4.79 Å². The van der Waals surface area contributed by atoms with Crippen molar-refractivity contribution in [1.82, 2.24) is 5.32 Å². The Balaban J connectivity index is 4.18. The number of esters is 1. The molecule has 1 N–H and O–H groups in total. The van der Waals surface area contributed by atoms with Gasteiger partial charge in [0.15, 0.2) is 0 Å². The number of hydrogen-bond donors (Lipinski definition) is 1. The first-order valence-electron chi connectivity index (χ1n) is 7.69. The molecule has 0 saturated heterocycles. The quantitative estimate of drug-likeness (QED) is 0.495. The van der Waals surface area contributed by atoms with Crippen molar-refractivity contribution in [3.63, 3.8) is 0 Å². The Hall–Kier alpha value is -0.610. The lowest BCUT2D eigenvalue weighted by Gasteiger charge is -2.30. The van der Waals surface area contributed by atoms with Crippen molar-refractivity contribution in [3.8, 4) is 0 Å². The van der Waals surface area contributed by atoms with Crippen LogP contribution in [0.2, 0.25) is 0 Å². The molecule has 0 aromatic heterocycles. The maximum atomic E-state index is 11.9. The van der Waals surface area contributed by atoms with Gasteiger partial charge in [-0.05, 0) is 52.9 Å². The Morgan fingerprint density at radius 2 is 1.80 bits per heavy atom. The van der Waals surface area contributed by atoms with E-state index in [1.807, 2.05) is 20.8 Å². The molecule has 0 spiro atoms. The molecule has 20 heavy (non-hydrogen) atoms. The highest BCUT2D eigenvalue weighted by Gasteiger charge is 2.34. The molecular formula is C16H33NO3. The third-order valence-corrected chi connectivity index (χ3v) is 3.27. The molecule has 4 heteroatoms. The minimum atomic E-state index is -0.631. The summed E-state index contributed by atoms with van der Waals surface area (Å²) in [4.78, 5) is 11.9. The van der Waals surface area contributed by atoms with Crippen LogP contribution in [0.3, 0.4) is 0 Å². The van der Waals surface area contributed by atoms with E-state index < -0.39 is 5.54 Å². The summed E-state index contributed by atoms with van der Waals surface area (Å²) in [6.45, 7) is 13.1. The summed E-state index contributed by atoms with van der Waals surface area (Å²) in [5.41, 5.74) is -0.631. The summed E-state index contributed by atoms with van der Waals surface area (Å²) in [7, 11) is 1.43. The first kappa shape index (κ1) is 19.4. The number of carbonyl (C=O) groups excluding carboxylic acids is 1. The minimum Gasteiger partial charge on any atom is -0.468 e. The fourth-order valence-electron chi connectivity index (χ4n) is 2.54. The molecule has 0 aromatic carbocycles. The summed E-state index contributed by atoms with van der Waals surface area (Å²) in [6, 6.07) is 0.236. The largest absolute Gasteiger partial charge is 0.468 e. The first-order chi connectivity index (χ1) is 9.21.